The highest BCUT2D eigenvalue weighted by Crippen LogP contribution is 2.16. The number of ether oxygens (including phenoxy) is 1. The quantitative estimate of drug-likeness (QED) is 0.613. The number of rotatable bonds is 6. The Bertz CT molecular complexity index is 302. The van der Waals surface area contributed by atoms with Crippen molar-refractivity contribution >= 4 is 11.9 Å². The number of methoxy groups -OCH3 is 1. The molecule has 0 radical (unpaired) electrons. The molecule has 0 bridgehead atoms. The third-order valence-electron chi connectivity index (χ3n) is 3.65. The molecule has 1 rings (SSSR count). The first kappa shape index (κ1) is 16.9. The molecule has 20 heavy (non-hydrogen) atoms. The van der Waals surface area contributed by atoms with E-state index in [1.54, 1.807) is 0 Å². The van der Waals surface area contributed by atoms with Crippen molar-refractivity contribution in [2.75, 3.05) is 20.3 Å². The first-order valence-corrected chi connectivity index (χ1v) is 7.38. The van der Waals surface area contributed by atoms with Crippen molar-refractivity contribution in [3.05, 3.63) is 0 Å². The molecule has 6 nitrogen and oxygen atoms in total. The van der Waals surface area contributed by atoms with Crippen LogP contribution in [0.3, 0.4) is 0 Å². The van der Waals surface area contributed by atoms with Gasteiger partial charge in [-0.05, 0) is 12.8 Å². The van der Waals surface area contributed by atoms with E-state index in [0.717, 1.165) is 25.7 Å². The van der Waals surface area contributed by atoms with Crippen LogP contribution in [-0.4, -0.2) is 49.3 Å². The lowest BCUT2D eigenvalue weighted by molar-refractivity contribution is -0.144. The zero-order chi connectivity index (χ0) is 14.8. The first-order chi connectivity index (χ1) is 9.67. The molecule has 0 aliphatic heterocycles. The van der Waals surface area contributed by atoms with Crippen LogP contribution in [0.1, 0.15) is 44.9 Å². The van der Waals surface area contributed by atoms with E-state index < -0.39 is 12.0 Å². The standard InChI is InChI=1S/C14H26N2O4/c1-20-14(19)12(10-17)15-9-13(18)16-11-7-5-3-2-4-6-8-11/h11-12,15,17H,2-10H2,1H3,(H,16,18). The average Bonchev–Trinajstić information content (AvgIpc) is 2.42. The van der Waals surface area contributed by atoms with E-state index in [1.165, 1.54) is 26.4 Å². The largest absolute Gasteiger partial charge is 0.468 e. The Morgan fingerprint density at radius 2 is 1.80 bits per heavy atom. The van der Waals surface area contributed by atoms with E-state index in [2.05, 4.69) is 15.4 Å². The van der Waals surface area contributed by atoms with Crippen LogP contribution in [0, 0.1) is 0 Å². The zero-order valence-electron chi connectivity index (χ0n) is 12.2. The Morgan fingerprint density at radius 3 is 2.35 bits per heavy atom. The van der Waals surface area contributed by atoms with Crippen molar-refractivity contribution in [3.63, 3.8) is 0 Å². The molecule has 0 spiro atoms. The van der Waals surface area contributed by atoms with Gasteiger partial charge in [-0.3, -0.25) is 14.9 Å². The van der Waals surface area contributed by atoms with E-state index in [-0.39, 0.29) is 25.1 Å². The minimum Gasteiger partial charge on any atom is -0.468 e. The molecule has 1 atom stereocenters. The number of amides is 1. The van der Waals surface area contributed by atoms with Crippen LogP contribution >= 0.6 is 0 Å². The zero-order valence-corrected chi connectivity index (χ0v) is 12.2. The molecule has 1 aliphatic carbocycles. The molecule has 1 saturated carbocycles. The number of aliphatic hydroxyl groups excluding tert-OH is 1. The molecule has 1 aliphatic rings. The molecule has 6 heteroatoms. The maximum atomic E-state index is 11.8. The highest BCUT2D eigenvalue weighted by molar-refractivity contribution is 5.80. The lowest BCUT2D eigenvalue weighted by Gasteiger charge is -2.21. The summed E-state index contributed by atoms with van der Waals surface area (Å²) < 4.78 is 4.52. The summed E-state index contributed by atoms with van der Waals surface area (Å²) in [7, 11) is 1.25. The lowest BCUT2D eigenvalue weighted by atomic mass is 9.97. The lowest BCUT2D eigenvalue weighted by Crippen LogP contribution is -2.47. The van der Waals surface area contributed by atoms with Gasteiger partial charge in [0.25, 0.3) is 0 Å². The Labute approximate surface area is 120 Å². The summed E-state index contributed by atoms with van der Waals surface area (Å²) in [6, 6.07) is -0.613. The Kier molecular flexibility index (Phi) is 8.22. The fourth-order valence-corrected chi connectivity index (χ4v) is 2.46. The van der Waals surface area contributed by atoms with E-state index in [0.29, 0.717) is 0 Å². The summed E-state index contributed by atoms with van der Waals surface area (Å²) >= 11 is 0. The second kappa shape index (κ2) is 9.72. The van der Waals surface area contributed by atoms with E-state index in [9.17, 15) is 9.59 Å². The first-order valence-electron chi connectivity index (χ1n) is 7.38. The molecule has 1 amide bonds. The average molecular weight is 286 g/mol. The normalized spacial score (nSPS) is 18.7. The molecule has 0 saturated heterocycles. The number of carbonyl (C=O) groups is 2. The predicted octanol–water partition coefficient (Wildman–Crippen LogP) is 0.339. The van der Waals surface area contributed by atoms with Gasteiger partial charge in [-0.1, -0.05) is 32.1 Å². The Hall–Kier alpha value is -1.14. The Balaban J connectivity index is 2.29. The van der Waals surface area contributed by atoms with Crippen molar-refractivity contribution in [1.82, 2.24) is 10.6 Å². The smallest absolute Gasteiger partial charge is 0.325 e. The van der Waals surface area contributed by atoms with Crippen LogP contribution in [0.15, 0.2) is 0 Å². The Morgan fingerprint density at radius 1 is 1.20 bits per heavy atom. The topological polar surface area (TPSA) is 87.7 Å². The van der Waals surface area contributed by atoms with Gasteiger partial charge >= 0.3 is 5.97 Å². The van der Waals surface area contributed by atoms with Gasteiger partial charge in [-0.25, -0.2) is 0 Å². The van der Waals surface area contributed by atoms with Crippen LogP contribution in [-0.2, 0) is 14.3 Å². The van der Waals surface area contributed by atoms with Crippen molar-refractivity contribution in [2.24, 2.45) is 0 Å². The van der Waals surface area contributed by atoms with Gasteiger partial charge in [-0.2, -0.15) is 0 Å². The summed E-state index contributed by atoms with van der Waals surface area (Å²) in [5.41, 5.74) is 0. The maximum Gasteiger partial charge on any atom is 0.325 e. The monoisotopic (exact) mass is 286 g/mol. The number of hydrogen-bond donors (Lipinski definition) is 3. The third-order valence-corrected chi connectivity index (χ3v) is 3.65. The number of aliphatic hydroxyl groups is 1. The van der Waals surface area contributed by atoms with Gasteiger partial charge in [-0.15, -0.1) is 0 Å². The predicted molar refractivity (Wildman–Crippen MR) is 75.1 cm³/mol. The van der Waals surface area contributed by atoms with Crippen LogP contribution in [0.25, 0.3) is 0 Å². The fraction of sp³-hybridized carbons (Fsp3) is 0.857. The maximum absolute atomic E-state index is 11.8. The van der Waals surface area contributed by atoms with Crippen molar-refractivity contribution in [1.29, 1.82) is 0 Å². The van der Waals surface area contributed by atoms with Crippen LogP contribution in [0.4, 0.5) is 0 Å². The van der Waals surface area contributed by atoms with Crippen molar-refractivity contribution in [3.8, 4) is 0 Å². The number of hydrogen-bond acceptors (Lipinski definition) is 5. The summed E-state index contributed by atoms with van der Waals surface area (Å²) in [4.78, 5) is 23.1. The number of esters is 1. The SMILES string of the molecule is COC(=O)C(CO)NCC(=O)NC1CCCCCCC1. The van der Waals surface area contributed by atoms with Gasteiger partial charge in [0.15, 0.2) is 0 Å². The molecule has 1 unspecified atom stereocenters. The van der Waals surface area contributed by atoms with Gasteiger partial charge < -0.3 is 15.2 Å². The van der Waals surface area contributed by atoms with Crippen LogP contribution < -0.4 is 10.6 Å². The van der Waals surface area contributed by atoms with Crippen LogP contribution in [0.5, 0.6) is 0 Å². The second-order valence-electron chi connectivity index (χ2n) is 5.25. The minimum atomic E-state index is -0.844. The van der Waals surface area contributed by atoms with Gasteiger partial charge in [0, 0.05) is 6.04 Å². The summed E-state index contributed by atoms with van der Waals surface area (Å²) in [5.74, 6) is -0.704. The fourth-order valence-electron chi connectivity index (χ4n) is 2.46. The molecule has 0 aromatic rings. The summed E-state index contributed by atoms with van der Waals surface area (Å²) in [6.07, 6.45) is 8.11. The molecule has 1 fully saturated rings. The van der Waals surface area contributed by atoms with Crippen LogP contribution in [0.2, 0.25) is 0 Å². The van der Waals surface area contributed by atoms with Gasteiger partial charge in [0.1, 0.15) is 6.04 Å². The molecule has 3 N–H and O–H groups in total. The highest BCUT2D eigenvalue weighted by Gasteiger charge is 2.19. The molecular formula is C14H26N2O4. The van der Waals surface area contributed by atoms with E-state index in [4.69, 9.17) is 5.11 Å². The van der Waals surface area contributed by atoms with Gasteiger partial charge in [0.05, 0.1) is 20.3 Å². The van der Waals surface area contributed by atoms with E-state index >= 15 is 0 Å². The molecule has 0 heterocycles. The summed E-state index contributed by atoms with van der Waals surface area (Å²) in [5, 5.41) is 14.7. The number of carbonyl (C=O) groups excluding carboxylic acids is 2. The third kappa shape index (κ3) is 6.34. The molecule has 0 aromatic heterocycles. The van der Waals surface area contributed by atoms with Gasteiger partial charge in [0.2, 0.25) is 5.91 Å². The second-order valence-corrected chi connectivity index (χ2v) is 5.25. The molecule has 0 aromatic carbocycles. The molecule has 116 valence electrons. The minimum absolute atomic E-state index is 0.0107. The number of nitrogens with one attached hydrogen (secondary N) is 2. The summed E-state index contributed by atoms with van der Waals surface area (Å²) in [6.45, 7) is -0.375. The van der Waals surface area contributed by atoms with Crippen molar-refractivity contribution < 1.29 is 19.4 Å². The molecular weight excluding hydrogens is 260 g/mol. The van der Waals surface area contributed by atoms with Crippen molar-refractivity contribution in [2.45, 2.75) is 57.0 Å². The highest BCUT2D eigenvalue weighted by atomic mass is 16.5. The van der Waals surface area contributed by atoms with E-state index in [1.807, 2.05) is 0 Å².